The maximum atomic E-state index is 12.6. The van der Waals surface area contributed by atoms with Crippen LogP contribution in [0.15, 0.2) is 32.7 Å². The zero-order chi connectivity index (χ0) is 23.6. The van der Waals surface area contributed by atoms with E-state index in [-0.39, 0.29) is 22.5 Å². The lowest BCUT2D eigenvalue weighted by molar-refractivity contribution is -0.133. The first-order valence-corrected chi connectivity index (χ1v) is 13.4. The van der Waals surface area contributed by atoms with Gasteiger partial charge in [-0.2, -0.15) is 0 Å². The molecule has 0 aliphatic carbocycles. The van der Waals surface area contributed by atoms with Crippen molar-refractivity contribution < 1.29 is 22.4 Å². The van der Waals surface area contributed by atoms with Crippen molar-refractivity contribution in [3.05, 3.63) is 18.2 Å². The lowest BCUT2D eigenvalue weighted by atomic mass is 10.3. The van der Waals surface area contributed by atoms with Crippen molar-refractivity contribution in [2.45, 2.75) is 23.0 Å². The second-order valence-electron chi connectivity index (χ2n) is 8.43. The van der Waals surface area contributed by atoms with Gasteiger partial charge in [-0.25, -0.2) is 17.7 Å². The molecule has 0 spiro atoms. The van der Waals surface area contributed by atoms with Crippen LogP contribution in [0.25, 0.3) is 11.1 Å². The Hall–Kier alpha value is -2.15. The van der Waals surface area contributed by atoms with Crippen molar-refractivity contribution in [2.24, 2.45) is 0 Å². The van der Waals surface area contributed by atoms with E-state index in [9.17, 15) is 18.0 Å². The molecule has 2 aliphatic heterocycles. The van der Waals surface area contributed by atoms with Gasteiger partial charge in [0, 0.05) is 53.4 Å². The summed E-state index contributed by atoms with van der Waals surface area (Å²) in [7, 11) is -0.615. The Morgan fingerprint density at radius 3 is 2.36 bits per heavy atom. The summed E-state index contributed by atoms with van der Waals surface area (Å²) in [4.78, 5) is 35.3. The van der Waals surface area contributed by atoms with Crippen LogP contribution in [0.4, 0.5) is 0 Å². The lowest BCUT2D eigenvalue weighted by Crippen LogP contribution is -2.51. The number of rotatable bonds is 7. The number of hydrogen-bond donors (Lipinski definition) is 0. The Labute approximate surface area is 197 Å². The van der Waals surface area contributed by atoms with Crippen molar-refractivity contribution in [1.82, 2.24) is 24.0 Å². The molecule has 1 aromatic heterocycles. The average Bonchev–Trinajstić information content (AvgIpc) is 3.47. The molecule has 0 atom stereocenters. The number of likely N-dealkylation sites (tertiary alicyclic amines) is 1. The Morgan fingerprint density at radius 1 is 1.03 bits per heavy atom. The maximum Gasteiger partial charge on any atom is 0.257 e. The molecule has 2 fully saturated rings. The predicted octanol–water partition coefficient (Wildman–Crippen LogP) is 0.937. The van der Waals surface area contributed by atoms with Gasteiger partial charge in [0.1, 0.15) is 5.52 Å². The van der Waals surface area contributed by atoms with E-state index in [0.29, 0.717) is 49.0 Å². The normalized spacial score (nSPS) is 17.9. The highest BCUT2D eigenvalue weighted by Gasteiger charge is 2.26. The number of carbonyl (C=O) groups is 2. The van der Waals surface area contributed by atoms with Crippen molar-refractivity contribution in [3.8, 4) is 0 Å². The monoisotopic (exact) mass is 495 g/mol. The van der Waals surface area contributed by atoms with Gasteiger partial charge in [-0.1, -0.05) is 11.8 Å². The first-order valence-electron chi connectivity index (χ1n) is 11.0. The van der Waals surface area contributed by atoms with Gasteiger partial charge >= 0.3 is 0 Å². The van der Waals surface area contributed by atoms with Crippen LogP contribution in [0.5, 0.6) is 0 Å². The zero-order valence-electron chi connectivity index (χ0n) is 18.9. The lowest BCUT2D eigenvalue weighted by Gasteiger charge is -2.34. The van der Waals surface area contributed by atoms with Crippen LogP contribution >= 0.6 is 11.8 Å². The largest absolute Gasteiger partial charge is 0.431 e. The molecule has 33 heavy (non-hydrogen) atoms. The van der Waals surface area contributed by atoms with E-state index in [4.69, 9.17) is 4.42 Å². The second kappa shape index (κ2) is 10.00. The number of fused-ring (bicyclic) bond motifs is 1. The molecule has 2 aromatic rings. The molecule has 10 nitrogen and oxygen atoms in total. The number of amides is 2. The molecule has 3 heterocycles. The fourth-order valence-corrected chi connectivity index (χ4v) is 5.61. The van der Waals surface area contributed by atoms with E-state index >= 15 is 0 Å². The topological polar surface area (TPSA) is 107 Å². The summed E-state index contributed by atoms with van der Waals surface area (Å²) < 4.78 is 31.4. The number of thioether (sulfide) groups is 1. The molecule has 2 aliphatic rings. The first-order chi connectivity index (χ1) is 15.7. The summed E-state index contributed by atoms with van der Waals surface area (Å²) >= 11 is 1.19. The number of piperazine rings is 1. The Kier molecular flexibility index (Phi) is 7.27. The number of sulfonamides is 1. The number of hydrogen-bond acceptors (Lipinski definition) is 8. The van der Waals surface area contributed by atoms with E-state index in [1.54, 1.807) is 11.0 Å². The Bertz CT molecular complexity index is 1120. The van der Waals surface area contributed by atoms with Crippen LogP contribution in [0.1, 0.15) is 12.8 Å². The van der Waals surface area contributed by atoms with Crippen LogP contribution in [0.3, 0.4) is 0 Å². The summed E-state index contributed by atoms with van der Waals surface area (Å²) in [5.41, 5.74) is 0.906. The third kappa shape index (κ3) is 5.51. The van der Waals surface area contributed by atoms with E-state index < -0.39 is 10.0 Å². The first kappa shape index (κ1) is 24.0. The molecular weight excluding hydrogens is 466 g/mol. The molecule has 4 rings (SSSR count). The van der Waals surface area contributed by atoms with Gasteiger partial charge in [0.2, 0.25) is 21.8 Å². The van der Waals surface area contributed by atoms with Gasteiger partial charge in [-0.3, -0.25) is 14.5 Å². The molecule has 0 saturated carbocycles. The molecule has 0 bridgehead atoms. The van der Waals surface area contributed by atoms with Crippen LogP contribution in [0.2, 0.25) is 0 Å². The summed E-state index contributed by atoms with van der Waals surface area (Å²) in [6.45, 7) is 4.68. The minimum atomic E-state index is -3.56. The molecule has 2 amide bonds. The van der Waals surface area contributed by atoms with Crippen molar-refractivity contribution in [2.75, 3.05) is 65.7 Å². The van der Waals surface area contributed by atoms with E-state index in [2.05, 4.69) is 9.88 Å². The minimum Gasteiger partial charge on any atom is -0.431 e. The fraction of sp³-hybridized carbons (Fsp3) is 0.571. The van der Waals surface area contributed by atoms with E-state index in [1.807, 2.05) is 4.90 Å². The highest BCUT2D eigenvalue weighted by atomic mass is 32.2. The molecule has 1 aromatic carbocycles. The van der Waals surface area contributed by atoms with E-state index in [1.165, 1.54) is 38.0 Å². The van der Waals surface area contributed by atoms with Crippen molar-refractivity contribution in [1.29, 1.82) is 0 Å². The quantitative estimate of drug-likeness (QED) is 0.523. The smallest absolute Gasteiger partial charge is 0.257 e. The molecule has 0 unspecified atom stereocenters. The summed E-state index contributed by atoms with van der Waals surface area (Å²) in [5.74, 6) is 0.353. The van der Waals surface area contributed by atoms with Crippen molar-refractivity contribution >= 4 is 44.7 Å². The Morgan fingerprint density at radius 2 is 1.70 bits per heavy atom. The van der Waals surface area contributed by atoms with Crippen LogP contribution in [0, 0.1) is 0 Å². The highest BCUT2D eigenvalue weighted by Crippen LogP contribution is 2.26. The average molecular weight is 496 g/mol. The number of aromatic nitrogens is 1. The molecular formula is C21H29N5O5S2. The van der Waals surface area contributed by atoms with Gasteiger partial charge in [0.05, 0.1) is 17.2 Å². The van der Waals surface area contributed by atoms with Crippen LogP contribution in [-0.4, -0.2) is 110 Å². The SMILES string of the molecule is CN(C)S(=O)(=O)c1ccc2oc(SCC(=O)N3CCN(CC(=O)N4CCCC4)CC3)nc2c1. The van der Waals surface area contributed by atoms with Gasteiger partial charge < -0.3 is 14.2 Å². The minimum absolute atomic E-state index is 0.0105. The number of benzene rings is 1. The number of carbonyl (C=O) groups excluding carboxylic acids is 2. The molecule has 12 heteroatoms. The maximum absolute atomic E-state index is 12.6. The van der Waals surface area contributed by atoms with Crippen molar-refractivity contribution in [3.63, 3.8) is 0 Å². The molecule has 0 radical (unpaired) electrons. The van der Waals surface area contributed by atoms with Gasteiger partial charge in [0.15, 0.2) is 5.58 Å². The standard InChI is InChI=1S/C21H29N5O5S2/c1-23(2)33(29,30)16-5-6-18-17(13-16)22-21(31-18)32-15-20(28)26-11-9-24(10-12-26)14-19(27)25-7-3-4-8-25/h5-6,13H,3-4,7-12,14-15H2,1-2H3. The Balaban J connectivity index is 1.28. The summed E-state index contributed by atoms with van der Waals surface area (Å²) in [5, 5.41) is 0.326. The zero-order valence-corrected chi connectivity index (χ0v) is 20.5. The summed E-state index contributed by atoms with van der Waals surface area (Å²) in [6, 6.07) is 4.53. The van der Waals surface area contributed by atoms with Gasteiger partial charge in [-0.05, 0) is 31.0 Å². The number of oxazole rings is 1. The van der Waals surface area contributed by atoms with Crippen LogP contribution in [-0.2, 0) is 19.6 Å². The van der Waals surface area contributed by atoms with E-state index in [0.717, 1.165) is 30.2 Å². The van der Waals surface area contributed by atoms with Gasteiger partial charge in [-0.15, -0.1) is 0 Å². The molecule has 0 N–H and O–H groups in total. The van der Waals surface area contributed by atoms with Gasteiger partial charge in [0.25, 0.3) is 5.22 Å². The third-order valence-corrected chi connectivity index (χ3v) is 8.60. The van der Waals surface area contributed by atoms with Crippen LogP contribution < -0.4 is 0 Å². The fourth-order valence-electron chi connectivity index (χ4n) is 3.95. The second-order valence-corrected chi connectivity index (χ2v) is 11.5. The molecule has 180 valence electrons. The number of nitrogens with zero attached hydrogens (tertiary/aromatic N) is 5. The summed E-state index contributed by atoms with van der Waals surface area (Å²) in [6.07, 6.45) is 2.17. The highest BCUT2D eigenvalue weighted by molar-refractivity contribution is 7.99. The third-order valence-electron chi connectivity index (χ3n) is 5.98. The molecule has 2 saturated heterocycles. The predicted molar refractivity (Wildman–Crippen MR) is 124 cm³/mol.